The van der Waals surface area contributed by atoms with Gasteiger partial charge >= 0.3 is 37.7 Å². The van der Waals surface area contributed by atoms with E-state index in [1.54, 1.807) is 0 Å². The quantitative estimate of drug-likeness (QED) is 0.466. The van der Waals surface area contributed by atoms with Crippen LogP contribution in [0.1, 0.15) is 12.8 Å². The minimum absolute atomic E-state index is 0. The van der Waals surface area contributed by atoms with Crippen molar-refractivity contribution in [3.63, 3.8) is 0 Å². The number of carbonyl (C=O) groups excluding carboxylic acids is 2. The molecule has 8 heteroatoms. The molecule has 0 aliphatic rings. The zero-order valence-electron chi connectivity index (χ0n) is 6.91. The molecule has 0 fully saturated rings. The van der Waals surface area contributed by atoms with Gasteiger partial charge in [-0.2, -0.15) is 0 Å². The molecule has 0 heterocycles. The van der Waals surface area contributed by atoms with Crippen molar-refractivity contribution in [3.05, 3.63) is 0 Å². The third kappa shape index (κ3) is 14.9. The monoisotopic (exact) mass is 221 g/mol. The van der Waals surface area contributed by atoms with E-state index < -0.39 is 18.0 Å². The average Bonchev–Trinajstić information content (AvgIpc) is 1.82. The molecule has 0 aliphatic heterocycles. The first kappa shape index (κ1) is 23.2. The summed E-state index contributed by atoms with van der Waals surface area (Å²) in [6, 6.07) is -1.21. The first-order valence-electron chi connectivity index (χ1n) is 2.70. The summed E-state index contributed by atoms with van der Waals surface area (Å²) in [5, 5.41) is 19.6. The summed E-state index contributed by atoms with van der Waals surface area (Å²) in [6.07, 6.45) is -0.500. The largest absolute Gasteiger partial charge is 2.00 e. The van der Waals surface area contributed by atoms with Crippen LogP contribution in [0.2, 0.25) is 0 Å². The molecule has 0 spiro atoms. The van der Waals surface area contributed by atoms with Crippen LogP contribution in [0.3, 0.4) is 0 Å². The summed E-state index contributed by atoms with van der Waals surface area (Å²) < 4.78 is 0. The molecule has 0 aromatic carbocycles. The Kier molecular flexibility index (Phi) is 21.5. The van der Waals surface area contributed by atoms with E-state index in [1.165, 1.54) is 0 Å². The van der Waals surface area contributed by atoms with E-state index in [1.807, 2.05) is 0 Å². The predicted molar refractivity (Wildman–Crippen MR) is 40.2 cm³/mol. The number of hydrogen-bond acceptors (Lipinski definition) is 5. The van der Waals surface area contributed by atoms with Crippen LogP contribution in [0.5, 0.6) is 0 Å². The van der Waals surface area contributed by atoms with Crippen molar-refractivity contribution in [2.45, 2.75) is 18.9 Å². The van der Waals surface area contributed by atoms with Crippen LogP contribution >= 0.6 is 0 Å². The van der Waals surface area contributed by atoms with Gasteiger partial charge in [-0.3, -0.25) is 0 Å². The molecule has 0 bridgehead atoms. The normalized spacial score (nSPS) is 9.62. The Morgan fingerprint density at radius 2 is 1.62 bits per heavy atom. The molecule has 1 atom stereocenters. The van der Waals surface area contributed by atoms with Crippen molar-refractivity contribution < 1.29 is 30.8 Å². The standard InChI is InChI=1S/C5H9NO4.Ca.2H2O/c6-3(5(9)10)1-2-4(7)8;;;/h3H,1-2,6H2,(H,7,8)(H,9,10);;2*1H2/q;+2;;/p-2/t3-;;;/m1.../s1. The van der Waals surface area contributed by atoms with E-state index in [0.717, 1.165) is 0 Å². The van der Waals surface area contributed by atoms with Crippen LogP contribution in [0.25, 0.3) is 0 Å². The zero-order valence-corrected chi connectivity index (χ0v) is 9.12. The van der Waals surface area contributed by atoms with Crippen molar-refractivity contribution in [1.29, 1.82) is 0 Å². The molecule has 6 N–H and O–H groups in total. The Labute approximate surface area is 105 Å². The summed E-state index contributed by atoms with van der Waals surface area (Å²) in [7, 11) is 0. The third-order valence-electron chi connectivity index (χ3n) is 0.962. The molecule has 0 rings (SSSR count). The van der Waals surface area contributed by atoms with Gasteiger partial charge in [0.25, 0.3) is 0 Å². The van der Waals surface area contributed by atoms with Gasteiger partial charge in [0.1, 0.15) is 0 Å². The van der Waals surface area contributed by atoms with Gasteiger partial charge in [0.15, 0.2) is 0 Å². The minimum atomic E-state index is -1.44. The first-order chi connectivity index (χ1) is 4.54. The molecule has 0 unspecified atom stereocenters. The Balaban J connectivity index is -0.000000135. The molecule has 74 valence electrons. The number of carbonyl (C=O) groups is 2. The zero-order chi connectivity index (χ0) is 8.15. The summed E-state index contributed by atoms with van der Waals surface area (Å²) in [6.45, 7) is 0. The van der Waals surface area contributed by atoms with Crippen LogP contribution in [-0.2, 0) is 9.59 Å². The number of nitrogens with two attached hydrogens (primary N) is 1. The molecular formula is C5H11CaNO6. The Bertz CT molecular complexity index is 152. The van der Waals surface area contributed by atoms with Crippen LogP contribution < -0.4 is 15.9 Å². The summed E-state index contributed by atoms with van der Waals surface area (Å²) >= 11 is 0. The maximum absolute atomic E-state index is 9.86. The smallest absolute Gasteiger partial charge is 0.550 e. The number of aliphatic carboxylic acids is 2. The van der Waals surface area contributed by atoms with Gasteiger partial charge < -0.3 is 36.5 Å². The van der Waals surface area contributed by atoms with E-state index >= 15 is 0 Å². The van der Waals surface area contributed by atoms with Crippen LogP contribution in [-0.4, -0.2) is 66.7 Å². The van der Waals surface area contributed by atoms with Gasteiger partial charge in [0.05, 0.1) is 5.97 Å². The molecular weight excluding hydrogens is 210 g/mol. The summed E-state index contributed by atoms with van der Waals surface area (Å²) in [5.41, 5.74) is 4.91. The molecule has 0 aliphatic carbocycles. The van der Waals surface area contributed by atoms with Crippen LogP contribution in [0.15, 0.2) is 0 Å². The maximum atomic E-state index is 9.86. The van der Waals surface area contributed by atoms with Crippen molar-refractivity contribution in [1.82, 2.24) is 0 Å². The second-order valence-corrected chi connectivity index (χ2v) is 1.84. The van der Waals surface area contributed by atoms with Gasteiger partial charge in [-0.25, -0.2) is 0 Å². The Hall–Kier alpha value is 0.0797. The third-order valence-corrected chi connectivity index (χ3v) is 0.962. The van der Waals surface area contributed by atoms with Crippen molar-refractivity contribution in [2.24, 2.45) is 5.73 Å². The first-order valence-corrected chi connectivity index (χ1v) is 2.70. The van der Waals surface area contributed by atoms with Gasteiger partial charge in [0, 0.05) is 12.0 Å². The fourth-order valence-electron chi connectivity index (χ4n) is 0.391. The van der Waals surface area contributed by atoms with Gasteiger partial charge in [-0.05, 0) is 12.8 Å². The van der Waals surface area contributed by atoms with Gasteiger partial charge in [0.2, 0.25) is 0 Å². The molecule has 0 aromatic heterocycles. The molecule has 0 radical (unpaired) electrons. The van der Waals surface area contributed by atoms with E-state index in [-0.39, 0.29) is 61.5 Å². The maximum Gasteiger partial charge on any atom is 2.00 e. The SMILES string of the molecule is N[C@H](CCC(=O)[O-])C(=O)[O-].O.O.[Ca+2]. The van der Waals surface area contributed by atoms with Crippen molar-refractivity contribution >= 4 is 49.7 Å². The average molecular weight is 221 g/mol. The van der Waals surface area contributed by atoms with Crippen molar-refractivity contribution in [2.75, 3.05) is 0 Å². The number of rotatable bonds is 4. The Morgan fingerprint density at radius 1 is 1.23 bits per heavy atom. The fourth-order valence-corrected chi connectivity index (χ4v) is 0.391. The molecule has 0 saturated carbocycles. The van der Waals surface area contributed by atoms with Crippen LogP contribution in [0, 0.1) is 0 Å². The molecule has 7 nitrogen and oxygen atoms in total. The second-order valence-electron chi connectivity index (χ2n) is 1.84. The van der Waals surface area contributed by atoms with E-state index in [4.69, 9.17) is 5.73 Å². The molecule has 0 amide bonds. The summed E-state index contributed by atoms with van der Waals surface area (Å²) in [5.74, 6) is -2.75. The van der Waals surface area contributed by atoms with E-state index in [2.05, 4.69) is 0 Å². The number of carboxylic acids is 2. The molecule has 0 saturated heterocycles. The topological polar surface area (TPSA) is 169 Å². The van der Waals surface area contributed by atoms with Gasteiger partial charge in [-0.1, -0.05) is 0 Å². The van der Waals surface area contributed by atoms with Gasteiger partial charge in [-0.15, -0.1) is 0 Å². The minimum Gasteiger partial charge on any atom is -0.550 e. The van der Waals surface area contributed by atoms with Crippen LogP contribution in [0.4, 0.5) is 0 Å². The predicted octanol–water partition coefficient (Wildman–Crippen LogP) is -5.44. The number of hydrogen-bond donors (Lipinski definition) is 1. The second kappa shape index (κ2) is 12.1. The fraction of sp³-hybridized carbons (Fsp3) is 0.600. The molecule has 13 heavy (non-hydrogen) atoms. The van der Waals surface area contributed by atoms with Crippen molar-refractivity contribution in [3.8, 4) is 0 Å². The van der Waals surface area contributed by atoms with E-state index in [0.29, 0.717) is 0 Å². The van der Waals surface area contributed by atoms with E-state index in [9.17, 15) is 19.8 Å². The molecule has 0 aromatic rings. The Morgan fingerprint density at radius 3 is 1.85 bits per heavy atom. The number of carboxylic acid groups (broad SMARTS) is 2. The summed E-state index contributed by atoms with van der Waals surface area (Å²) in [4.78, 5) is 19.6.